The number of halogens is 3. The van der Waals surface area contributed by atoms with E-state index in [9.17, 15) is 23.4 Å². The number of hydrogen-bond acceptors (Lipinski definition) is 8. The van der Waals surface area contributed by atoms with E-state index in [2.05, 4.69) is 20.3 Å². The number of rotatable bonds is 6. The number of ether oxygens (including phenoxy) is 1. The van der Waals surface area contributed by atoms with Gasteiger partial charge in [-0.05, 0) is 37.1 Å². The van der Waals surface area contributed by atoms with Crippen molar-refractivity contribution in [1.29, 1.82) is 0 Å². The summed E-state index contributed by atoms with van der Waals surface area (Å²) in [5.74, 6) is 0.362. The second-order valence-electron chi connectivity index (χ2n) is 9.17. The topological polar surface area (TPSA) is 109 Å². The molecule has 1 aliphatic carbocycles. The molecule has 9 nitrogen and oxygen atoms in total. The van der Waals surface area contributed by atoms with Crippen LogP contribution in [0, 0.1) is 5.92 Å². The van der Waals surface area contributed by atoms with Crippen LogP contribution in [-0.2, 0) is 10.9 Å². The maximum Gasteiger partial charge on any atom is 0.416 e. The molecule has 0 bridgehead atoms. The van der Waals surface area contributed by atoms with Gasteiger partial charge in [0.15, 0.2) is 11.5 Å². The highest BCUT2D eigenvalue weighted by atomic mass is 19.4. The summed E-state index contributed by atoms with van der Waals surface area (Å²) in [6, 6.07) is 4.82. The van der Waals surface area contributed by atoms with Crippen LogP contribution in [0.15, 0.2) is 36.9 Å². The fourth-order valence-electron chi connectivity index (χ4n) is 5.12. The van der Waals surface area contributed by atoms with E-state index in [1.807, 2.05) is 4.90 Å². The molecular formula is C23H27F3N6O3. The largest absolute Gasteiger partial charge is 0.416 e. The van der Waals surface area contributed by atoms with E-state index in [0.29, 0.717) is 43.1 Å². The zero-order valence-electron chi connectivity index (χ0n) is 19.1. The number of imidazole rings is 1. The van der Waals surface area contributed by atoms with Crippen LogP contribution in [-0.4, -0.2) is 74.8 Å². The number of nitrogens with zero attached hydrogens (tertiary/aromatic N) is 5. The lowest BCUT2D eigenvalue weighted by atomic mass is 10.1. The van der Waals surface area contributed by atoms with Crippen LogP contribution in [0.1, 0.15) is 24.4 Å². The van der Waals surface area contributed by atoms with E-state index in [4.69, 9.17) is 4.74 Å². The lowest BCUT2D eigenvalue weighted by Crippen LogP contribution is -2.30. The van der Waals surface area contributed by atoms with Crippen molar-refractivity contribution in [3.8, 4) is 0 Å². The van der Waals surface area contributed by atoms with E-state index < -0.39 is 23.9 Å². The maximum absolute atomic E-state index is 12.8. The van der Waals surface area contributed by atoms with E-state index in [1.165, 1.54) is 18.5 Å². The van der Waals surface area contributed by atoms with Crippen LogP contribution < -0.4 is 10.2 Å². The normalized spacial score (nSPS) is 27.1. The van der Waals surface area contributed by atoms with Gasteiger partial charge in [-0.1, -0.05) is 0 Å². The van der Waals surface area contributed by atoms with Crippen LogP contribution in [0.2, 0.25) is 0 Å². The summed E-state index contributed by atoms with van der Waals surface area (Å²) >= 11 is 0. The third-order valence-electron chi connectivity index (χ3n) is 6.96. The lowest BCUT2D eigenvalue weighted by Gasteiger charge is -2.20. The van der Waals surface area contributed by atoms with Crippen molar-refractivity contribution in [2.24, 2.45) is 5.92 Å². The molecule has 3 aromatic rings. The van der Waals surface area contributed by atoms with Crippen molar-refractivity contribution < 1.29 is 28.1 Å². The minimum Gasteiger partial charge on any atom is -0.390 e. The average molecular weight is 493 g/mol. The molecule has 1 saturated heterocycles. The number of aromatic nitrogens is 4. The summed E-state index contributed by atoms with van der Waals surface area (Å²) in [5.41, 5.74) is 1.17. The second-order valence-corrected chi connectivity index (χ2v) is 9.17. The molecule has 0 spiro atoms. The van der Waals surface area contributed by atoms with Crippen LogP contribution in [0.4, 0.5) is 24.7 Å². The Balaban J connectivity index is 1.30. The van der Waals surface area contributed by atoms with Crippen molar-refractivity contribution in [1.82, 2.24) is 19.5 Å². The first-order valence-corrected chi connectivity index (χ1v) is 11.5. The minimum atomic E-state index is -4.35. The molecule has 3 heterocycles. The van der Waals surface area contributed by atoms with Crippen molar-refractivity contribution in [2.75, 3.05) is 37.0 Å². The third-order valence-corrected chi connectivity index (χ3v) is 6.96. The molecule has 1 aromatic carbocycles. The maximum atomic E-state index is 12.8. The van der Waals surface area contributed by atoms with Gasteiger partial charge in [0.2, 0.25) is 0 Å². The quantitative estimate of drug-likeness (QED) is 0.482. The minimum absolute atomic E-state index is 0.0190. The van der Waals surface area contributed by atoms with E-state index in [-0.39, 0.29) is 18.0 Å². The molecule has 35 heavy (non-hydrogen) atoms. The van der Waals surface area contributed by atoms with Crippen molar-refractivity contribution in [2.45, 2.75) is 43.3 Å². The van der Waals surface area contributed by atoms with Gasteiger partial charge in [-0.25, -0.2) is 15.0 Å². The molecule has 3 N–H and O–H groups in total. The molecule has 2 aromatic heterocycles. The number of nitrogens with one attached hydrogen (secondary N) is 1. The Bertz CT molecular complexity index is 1170. The summed E-state index contributed by atoms with van der Waals surface area (Å²) in [7, 11) is 1.56. The standard InChI is InChI=1S/C23H27F3N6O3/c1-35-10-13-8-17(20(34)19(13)33)32-12-29-18-21(27-11-28-22(18)32)30-15-6-7-31(9-15)16-4-2-14(3-5-16)23(24,25)26/h2-5,11-13,15,17,19-20,33-34H,6-10H2,1H3,(H,27,28,30)/t13?,15-,17+,19+,20-/m0/s1. The van der Waals surface area contributed by atoms with Gasteiger partial charge in [-0.3, -0.25) is 0 Å². The molecule has 1 saturated carbocycles. The number of methoxy groups -OCH3 is 1. The molecule has 0 amide bonds. The molecule has 5 rings (SSSR count). The summed E-state index contributed by atoms with van der Waals surface area (Å²) in [6.07, 6.45) is -1.89. The van der Waals surface area contributed by atoms with E-state index in [0.717, 1.165) is 24.2 Å². The Kier molecular flexibility index (Phi) is 6.28. The molecule has 2 fully saturated rings. The zero-order chi connectivity index (χ0) is 24.7. The highest BCUT2D eigenvalue weighted by molar-refractivity contribution is 5.83. The van der Waals surface area contributed by atoms with Gasteiger partial charge < -0.3 is 29.7 Å². The van der Waals surface area contributed by atoms with Gasteiger partial charge in [0.25, 0.3) is 0 Å². The van der Waals surface area contributed by atoms with Gasteiger partial charge in [-0.15, -0.1) is 0 Å². The van der Waals surface area contributed by atoms with Gasteiger partial charge in [0.1, 0.15) is 17.9 Å². The monoisotopic (exact) mass is 492 g/mol. The average Bonchev–Trinajstić information content (AvgIpc) is 3.54. The molecule has 1 aliphatic heterocycles. The first-order chi connectivity index (χ1) is 16.8. The molecular weight excluding hydrogens is 465 g/mol. The fourth-order valence-corrected chi connectivity index (χ4v) is 5.12. The molecule has 188 valence electrons. The fraction of sp³-hybridized carbons (Fsp3) is 0.522. The first kappa shape index (κ1) is 23.8. The number of aliphatic hydroxyl groups excluding tert-OH is 2. The van der Waals surface area contributed by atoms with Crippen molar-refractivity contribution in [3.05, 3.63) is 42.5 Å². The molecule has 0 radical (unpaired) electrons. The summed E-state index contributed by atoms with van der Waals surface area (Å²) in [5, 5.41) is 24.4. The SMILES string of the molecule is COCC1C[C@@H](n2cnc3c(N[C@H]4CCN(c5ccc(C(F)(F)F)cc5)C4)ncnc32)[C@H](O)[C@@H]1O. The van der Waals surface area contributed by atoms with Crippen LogP contribution >= 0.6 is 0 Å². The van der Waals surface area contributed by atoms with Crippen LogP contribution in [0.25, 0.3) is 11.2 Å². The number of aliphatic hydroxyl groups is 2. The zero-order valence-corrected chi connectivity index (χ0v) is 19.1. The molecule has 1 unspecified atom stereocenters. The van der Waals surface area contributed by atoms with Gasteiger partial charge in [0.05, 0.1) is 30.6 Å². The smallest absolute Gasteiger partial charge is 0.390 e. The highest BCUT2D eigenvalue weighted by Crippen LogP contribution is 2.37. The Hall–Kier alpha value is -2.96. The Morgan fingerprint density at radius 3 is 2.60 bits per heavy atom. The van der Waals surface area contributed by atoms with Gasteiger partial charge in [0, 0.05) is 37.8 Å². The second kappa shape index (κ2) is 9.25. The first-order valence-electron chi connectivity index (χ1n) is 11.5. The Labute approximate surface area is 199 Å². The predicted molar refractivity (Wildman–Crippen MR) is 122 cm³/mol. The predicted octanol–water partition coefficient (Wildman–Crippen LogP) is 2.47. The number of alkyl halides is 3. The van der Waals surface area contributed by atoms with E-state index >= 15 is 0 Å². The highest BCUT2D eigenvalue weighted by Gasteiger charge is 2.43. The Morgan fingerprint density at radius 2 is 1.89 bits per heavy atom. The molecule has 2 aliphatic rings. The number of anilines is 2. The summed E-state index contributed by atoms with van der Waals surface area (Å²) in [6.45, 7) is 1.64. The number of hydrogen-bond donors (Lipinski definition) is 3. The van der Waals surface area contributed by atoms with Gasteiger partial charge in [-0.2, -0.15) is 13.2 Å². The third kappa shape index (κ3) is 4.53. The number of benzene rings is 1. The van der Waals surface area contributed by atoms with Gasteiger partial charge >= 0.3 is 6.18 Å². The van der Waals surface area contributed by atoms with Crippen LogP contribution in [0.3, 0.4) is 0 Å². The van der Waals surface area contributed by atoms with Crippen molar-refractivity contribution in [3.63, 3.8) is 0 Å². The summed E-state index contributed by atoms with van der Waals surface area (Å²) in [4.78, 5) is 15.2. The van der Waals surface area contributed by atoms with Crippen LogP contribution in [0.5, 0.6) is 0 Å². The Morgan fingerprint density at radius 1 is 1.11 bits per heavy atom. The van der Waals surface area contributed by atoms with E-state index in [1.54, 1.807) is 18.0 Å². The lowest BCUT2D eigenvalue weighted by molar-refractivity contribution is -0.137. The van der Waals surface area contributed by atoms with Crippen molar-refractivity contribution >= 4 is 22.7 Å². The molecule has 5 atom stereocenters. The molecule has 12 heteroatoms. The number of fused-ring (bicyclic) bond motifs is 1. The summed E-state index contributed by atoms with van der Waals surface area (Å²) < 4.78 is 45.5.